The quantitative estimate of drug-likeness (QED) is 0.163. The number of nitrogens with zero attached hydrogens (tertiary/aromatic N) is 2. The molecule has 0 amide bonds. The van der Waals surface area contributed by atoms with Gasteiger partial charge in [0.05, 0.1) is 27.7 Å². The molecule has 0 bridgehead atoms. The van der Waals surface area contributed by atoms with Crippen molar-refractivity contribution in [3.63, 3.8) is 0 Å². The van der Waals surface area contributed by atoms with Crippen LogP contribution in [0.25, 0.3) is 81.7 Å². The topological polar surface area (TPSA) is 8.17 Å². The lowest BCUT2D eigenvalue weighted by molar-refractivity contribution is 1.17. The number of para-hydroxylation sites is 2. The first-order valence-electron chi connectivity index (χ1n) is 22.0. The van der Waals surface area contributed by atoms with Crippen LogP contribution >= 0.6 is 0 Å². The Hall–Kier alpha value is -7.16. The highest BCUT2D eigenvalue weighted by molar-refractivity contribution is 6.15. The van der Waals surface area contributed by atoms with Gasteiger partial charge in [0.1, 0.15) is 0 Å². The standard InChI is InChI=1S/C52H34N2/c1-3-13-43-36(11-1)21-22-39-33-37(25-32-45(39)43)35-23-26-40(27-24-35)53(52-34-38-12-2-4-14-44(38)46-15-5-6-16-47(46)52)41-28-30-42(31-29-41)54-50-19-9-7-17-48(50)49-18-8-10-20-51(49)54/h1-34H/i23D,24D,26D,27D,28D,29D,30D,31D. The van der Waals surface area contributed by atoms with Crippen molar-refractivity contribution in [2.75, 3.05) is 4.90 Å². The molecule has 0 fully saturated rings. The maximum atomic E-state index is 9.79. The Balaban J connectivity index is 1.21. The van der Waals surface area contributed by atoms with Gasteiger partial charge in [-0.05, 0) is 109 Å². The van der Waals surface area contributed by atoms with E-state index >= 15 is 0 Å². The molecule has 0 saturated carbocycles. The molecular weight excluding hydrogens is 653 g/mol. The molecule has 11 aromatic rings. The molecule has 1 heterocycles. The van der Waals surface area contributed by atoms with Crippen LogP contribution in [0.1, 0.15) is 11.0 Å². The van der Waals surface area contributed by atoms with Crippen LogP contribution in [0.5, 0.6) is 0 Å². The van der Waals surface area contributed by atoms with Gasteiger partial charge < -0.3 is 9.47 Å². The molecule has 0 aliphatic heterocycles. The molecule has 10 aromatic carbocycles. The van der Waals surface area contributed by atoms with Crippen molar-refractivity contribution >= 4 is 82.0 Å². The summed E-state index contributed by atoms with van der Waals surface area (Å²) in [6, 6.07) is 47.5. The fraction of sp³-hybridized carbons (Fsp3) is 0. The highest BCUT2D eigenvalue weighted by atomic mass is 15.1. The SMILES string of the molecule is [2H]c1c([2H])c(N(c2c([2H])c([2H])c(-n3c4ccccc4c4ccccc43)c([2H])c2[2H])c2cc3ccccc3c3ccccc23)c([2H])c([2H])c1-c1ccc2c(ccc3ccccc32)c1. The molecule has 11 rings (SSSR count). The van der Waals surface area contributed by atoms with Crippen molar-refractivity contribution in [3.05, 3.63) is 206 Å². The Bertz CT molecular complexity index is 3600. The van der Waals surface area contributed by atoms with Crippen LogP contribution in [0, 0.1) is 0 Å². The first-order valence-corrected chi connectivity index (χ1v) is 18.0. The van der Waals surface area contributed by atoms with E-state index in [4.69, 9.17) is 0 Å². The maximum Gasteiger partial charge on any atom is 0.0646 e. The van der Waals surface area contributed by atoms with Gasteiger partial charge in [0, 0.05) is 33.2 Å². The van der Waals surface area contributed by atoms with Gasteiger partial charge in [0.25, 0.3) is 0 Å². The number of hydrogen-bond donors (Lipinski definition) is 0. The zero-order valence-corrected chi connectivity index (χ0v) is 28.9. The molecule has 0 N–H and O–H groups in total. The molecule has 0 saturated heterocycles. The van der Waals surface area contributed by atoms with Crippen LogP contribution in [0.2, 0.25) is 0 Å². The lowest BCUT2D eigenvalue weighted by Crippen LogP contribution is -2.11. The molecule has 0 atom stereocenters. The fourth-order valence-corrected chi connectivity index (χ4v) is 7.99. The Morgan fingerprint density at radius 1 is 0.352 bits per heavy atom. The zero-order valence-electron chi connectivity index (χ0n) is 36.9. The van der Waals surface area contributed by atoms with Crippen molar-refractivity contribution in [1.82, 2.24) is 4.57 Å². The summed E-state index contributed by atoms with van der Waals surface area (Å²) in [4.78, 5) is 1.42. The monoisotopic (exact) mass is 694 g/mol. The third-order valence-corrected chi connectivity index (χ3v) is 10.5. The Morgan fingerprint density at radius 2 is 0.833 bits per heavy atom. The molecule has 0 aliphatic rings. The Morgan fingerprint density at radius 3 is 1.52 bits per heavy atom. The fourth-order valence-electron chi connectivity index (χ4n) is 7.99. The predicted octanol–water partition coefficient (Wildman–Crippen LogP) is 14.5. The summed E-state index contributed by atoms with van der Waals surface area (Å²) < 4.78 is 79.2. The van der Waals surface area contributed by atoms with E-state index in [0.717, 1.165) is 59.5 Å². The van der Waals surface area contributed by atoms with Crippen LogP contribution in [-0.2, 0) is 0 Å². The molecule has 0 unspecified atom stereocenters. The van der Waals surface area contributed by atoms with Gasteiger partial charge in [-0.2, -0.15) is 0 Å². The smallest absolute Gasteiger partial charge is 0.0646 e. The Kier molecular flexibility index (Phi) is 5.30. The van der Waals surface area contributed by atoms with Gasteiger partial charge in [0.15, 0.2) is 0 Å². The van der Waals surface area contributed by atoms with Gasteiger partial charge in [-0.3, -0.25) is 0 Å². The summed E-state index contributed by atoms with van der Waals surface area (Å²) in [5, 5.41) is 9.07. The molecule has 0 spiro atoms. The Labute approximate surface area is 324 Å². The summed E-state index contributed by atoms with van der Waals surface area (Å²) in [6.07, 6.45) is 0. The first kappa shape index (κ1) is 23.4. The van der Waals surface area contributed by atoms with Gasteiger partial charge in [-0.15, -0.1) is 0 Å². The predicted molar refractivity (Wildman–Crippen MR) is 231 cm³/mol. The second-order valence-corrected chi connectivity index (χ2v) is 13.5. The van der Waals surface area contributed by atoms with Crippen LogP contribution in [0.4, 0.5) is 17.1 Å². The van der Waals surface area contributed by atoms with Gasteiger partial charge >= 0.3 is 0 Å². The number of benzene rings is 10. The lowest BCUT2D eigenvalue weighted by Gasteiger charge is -2.28. The molecule has 1 aromatic heterocycles. The maximum absolute atomic E-state index is 9.79. The number of fused-ring (bicyclic) bond motifs is 9. The lowest BCUT2D eigenvalue weighted by atomic mass is 9.97. The molecular formula is C52H34N2. The van der Waals surface area contributed by atoms with Crippen molar-refractivity contribution in [3.8, 4) is 16.8 Å². The highest BCUT2D eigenvalue weighted by Crippen LogP contribution is 2.43. The van der Waals surface area contributed by atoms with E-state index in [1.807, 2.05) is 158 Å². The summed E-state index contributed by atoms with van der Waals surface area (Å²) in [7, 11) is 0. The van der Waals surface area contributed by atoms with Crippen LogP contribution in [0.15, 0.2) is 206 Å². The van der Waals surface area contributed by atoms with E-state index in [9.17, 15) is 11.0 Å². The summed E-state index contributed by atoms with van der Waals surface area (Å²) >= 11 is 0. The number of hydrogen-bond acceptors (Lipinski definition) is 1. The average molecular weight is 695 g/mol. The third kappa shape index (κ3) is 4.81. The largest absolute Gasteiger partial charge is 0.310 e. The molecule has 0 aliphatic carbocycles. The molecule has 0 radical (unpaired) electrons. The van der Waals surface area contributed by atoms with E-state index in [-0.39, 0.29) is 58.9 Å². The second-order valence-electron chi connectivity index (χ2n) is 13.5. The number of aromatic nitrogens is 1. The van der Waals surface area contributed by atoms with Crippen molar-refractivity contribution in [2.45, 2.75) is 0 Å². The summed E-state index contributed by atoms with van der Waals surface area (Å²) in [5.41, 5.74) is 2.12. The van der Waals surface area contributed by atoms with E-state index in [0.29, 0.717) is 16.6 Å². The third-order valence-electron chi connectivity index (χ3n) is 10.5. The zero-order chi connectivity index (χ0) is 42.6. The van der Waals surface area contributed by atoms with Gasteiger partial charge in [0.2, 0.25) is 0 Å². The van der Waals surface area contributed by atoms with Gasteiger partial charge in [-0.1, -0.05) is 146 Å². The first-order chi connectivity index (χ1) is 30.1. The summed E-state index contributed by atoms with van der Waals surface area (Å²) in [6.45, 7) is 0. The number of anilines is 3. The van der Waals surface area contributed by atoms with Crippen LogP contribution < -0.4 is 4.90 Å². The summed E-state index contributed by atoms with van der Waals surface area (Å²) in [5.74, 6) is 0. The van der Waals surface area contributed by atoms with Crippen molar-refractivity contribution in [1.29, 1.82) is 0 Å². The highest BCUT2D eigenvalue weighted by Gasteiger charge is 2.19. The second kappa shape index (κ2) is 12.2. The van der Waals surface area contributed by atoms with E-state index < -0.39 is 12.1 Å². The molecule has 252 valence electrons. The van der Waals surface area contributed by atoms with Gasteiger partial charge in [-0.25, -0.2) is 0 Å². The van der Waals surface area contributed by atoms with E-state index in [1.165, 1.54) is 4.90 Å². The van der Waals surface area contributed by atoms with Crippen molar-refractivity contribution in [2.24, 2.45) is 0 Å². The van der Waals surface area contributed by atoms with Crippen LogP contribution in [0.3, 0.4) is 0 Å². The minimum absolute atomic E-state index is 0.0588. The van der Waals surface area contributed by atoms with Crippen LogP contribution in [-0.4, -0.2) is 4.57 Å². The molecule has 54 heavy (non-hydrogen) atoms. The van der Waals surface area contributed by atoms with E-state index in [1.54, 1.807) is 4.57 Å². The minimum Gasteiger partial charge on any atom is -0.310 e. The van der Waals surface area contributed by atoms with E-state index in [2.05, 4.69) is 0 Å². The van der Waals surface area contributed by atoms with Crippen molar-refractivity contribution < 1.29 is 11.0 Å². The molecule has 2 heteroatoms. The normalized spacial score (nSPS) is 13.8. The number of rotatable bonds is 5. The average Bonchev–Trinajstić information content (AvgIpc) is 3.63. The molecule has 2 nitrogen and oxygen atoms in total. The minimum atomic E-state index is -0.400.